The van der Waals surface area contributed by atoms with Gasteiger partial charge >= 0.3 is 0 Å². The molecule has 116 valence electrons. The summed E-state index contributed by atoms with van der Waals surface area (Å²) >= 11 is 0. The maximum Gasteiger partial charge on any atom is 0.225 e. The second-order valence-corrected chi connectivity index (χ2v) is 5.77. The zero-order chi connectivity index (χ0) is 15.5. The summed E-state index contributed by atoms with van der Waals surface area (Å²) in [6.45, 7) is 2.15. The van der Waals surface area contributed by atoms with Crippen LogP contribution in [0.1, 0.15) is 32.6 Å². The highest BCUT2D eigenvalue weighted by Crippen LogP contribution is 2.30. The molecule has 0 spiro atoms. The summed E-state index contributed by atoms with van der Waals surface area (Å²) in [6.07, 6.45) is 5.42. The third-order valence-electron chi connectivity index (χ3n) is 4.17. The molecule has 1 atom stereocenters. The zero-order valence-corrected chi connectivity index (χ0v) is 12.7. The van der Waals surface area contributed by atoms with Crippen molar-refractivity contribution in [2.45, 2.75) is 38.7 Å². The SMILES string of the molecule is CC(Oc1ccc(-c2nc(N)nc(N)n2)cc1)C1CCCC1. The van der Waals surface area contributed by atoms with Gasteiger partial charge in [0.15, 0.2) is 5.82 Å². The molecule has 1 aromatic carbocycles. The molecule has 0 saturated heterocycles. The van der Waals surface area contributed by atoms with Crippen LogP contribution < -0.4 is 16.2 Å². The van der Waals surface area contributed by atoms with Crippen LogP contribution >= 0.6 is 0 Å². The van der Waals surface area contributed by atoms with Gasteiger partial charge in [0.2, 0.25) is 11.9 Å². The van der Waals surface area contributed by atoms with Crippen LogP contribution in [0.25, 0.3) is 11.4 Å². The Kier molecular flexibility index (Phi) is 4.09. The van der Waals surface area contributed by atoms with Crippen LogP contribution in [0, 0.1) is 5.92 Å². The van der Waals surface area contributed by atoms with Crippen LogP contribution in [-0.2, 0) is 0 Å². The topological polar surface area (TPSA) is 99.9 Å². The number of hydrogen-bond donors (Lipinski definition) is 2. The fourth-order valence-corrected chi connectivity index (χ4v) is 2.96. The Balaban J connectivity index is 1.72. The summed E-state index contributed by atoms with van der Waals surface area (Å²) in [6, 6.07) is 7.67. The lowest BCUT2D eigenvalue weighted by atomic mass is 10.0. The maximum absolute atomic E-state index is 6.03. The third kappa shape index (κ3) is 3.27. The number of anilines is 2. The largest absolute Gasteiger partial charge is 0.490 e. The first-order chi connectivity index (χ1) is 10.6. The van der Waals surface area contributed by atoms with Crippen LogP contribution in [0.3, 0.4) is 0 Å². The van der Waals surface area contributed by atoms with E-state index in [4.69, 9.17) is 16.2 Å². The van der Waals surface area contributed by atoms with Crippen molar-refractivity contribution in [2.24, 2.45) is 5.92 Å². The van der Waals surface area contributed by atoms with E-state index in [0.717, 1.165) is 11.3 Å². The average molecular weight is 299 g/mol. The molecule has 0 aliphatic heterocycles. The summed E-state index contributed by atoms with van der Waals surface area (Å²) in [5.74, 6) is 2.25. The van der Waals surface area contributed by atoms with E-state index >= 15 is 0 Å². The summed E-state index contributed by atoms with van der Waals surface area (Å²) in [5, 5.41) is 0. The van der Waals surface area contributed by atoms with Crippen LogP contribution in [-0.4, -0.2) is 21.1 Å². The average Bonchev–Trinajstić information content (AvgIpc) is 3.01. The zero-order valence-electron chi connectivity index (χ0n) is 12.7. The highest BCUT2D eigenvalue weighted by atomic mass is 16.5. The second-order valence-electron chi connectivity index (χ2n) is 5.77. The molecule has 1 aliphatic carbocycles. The summed E-state index contributed by atoms with van der Waals surface area (Å²) in [5.41, 5.74) is 12.0. The number of hydrogen-bond acceptors (Lipinski definition) is 6. The highest BCUT2D eigenvalue weighted by Gasteiger charge is 2.22. The molecule has 4 N–H and O–H groups in total. The molecule has 0 radical (unpaired) electrons. The highest BCUT2D eigenvalue weighted by molar-refractivity contribution is 5.58. The minimum absolute atomic E-state index is 0.123. The summed E-state index contributed by atoms with van der Waals surface area (Å²) in [7, 11) is 0. The minimum Gasteiger partial charge on any atom is -0.490 e. The van der Waals surface area contributed by atoms with Gasteiger partial charge in [-0.15, -0.1) is 0 Å². The fourth-order valence-electron chi connectivity index (χ4n) is 2.96. The van der Waals surface area contributed by atoms with Crippen molar-refractivity contribution in [3.8, 4) is 17.1 Å². The number of aromatic nitrogens is 3. The van der Waals surface area contributed by atoms with E-state index < -0.39 is 0 Å². The number of rotatable bonds is 4. The molecule has 3 rings (SSSR count). The van der Waals surface area contributed by atoms with Crippen molar-refractivity contribution < 1.29 is 4.74 Å². The van der Waals surface area contributed by atoms with Gasteiger partial charge in [0.05, 0.1) is 6.10 Å². The Morgan fingerprint density at radius 2 is 1.59 bits per heavy atom. The van der Waals surface area contributed by atoms with E-state index in [1.54, 1.807) is 0 Å². The van der Waals surface area contributed by atoms with Gasteiger partial charge in [-0.1, -0.05) is 12.8 Å². The molecule has 22 heavy (non-hydrogen) atoms. The van der Waals surface area contributed by atoms with Crippen molar-refractivity contribution in [3.05, 3.63) is 24.3 Å². The van der Waals surface area contributed by atoms with Crippen molar-refractivity contribution >= 4 is 11.9 Å². The van der Waals surface area contributed by atoms with E-state index in [9.17, 15) is 0 Å². The van der Waals surface area contributed by atoms with Crippen LogP contribution in [0.2, 0.25) is 0 Å². The Bertz CT molecular complexity index is 617. The first-order valence-corrected chi connectivity index (χ1v) is 7.66. The van der Waals surface area contributed by atoms with E-state index in [1.165, 1.54) is 25.7 Å². The lowest BCUT2D eigenvalue weighted by Crippen LogP contribution is -2.21. The number of nitrogens with two attached hydrogens (primary N) is 2. The Morgan fingerprint density at radius 3 is 2.18 bits per heavy atom. The molecule has 6 heteroatoms. The molecule has 1 aromatic heterocycles. The predicted octanol–water partition coefficient (Wildman–Crippen LogP) is 2.66. The molecule has 0 amide bonds. The van der Waals surface area contributed by atoms with Crippen LogP contribution in [0.15, 0.2) is 24.3 Å². The molecule has 1 heterocycles. The lowest BCUT2D eigenvalue weighted by molar-refractivity contribution is 0.154. The van der Waals surface area contributed by atoms with Crippen molar-refractivity contribution in [1.82, 2.24) is 15.0 Å². The lowest BCUT2D eigenvalue weighted by Gasteiger charge is -2.20. The van der Waals surface area contributed by atoms with Crippen molar-refractivity contribution in [2.75, 3.05) is 11.5 Å². The second kappa shape index (κ2) is 6.17. The van der Waals surface area contributed by atoms with Gasteiger partial charge in [-0.2, -0.15) is 15.0 Å². The molecule has 0 bridgehead atoms. The number of nitrogens with zero attached hydrogens (tertiary/aromatic N) is 3. The Morgan fingerprint density at radius 1 is 1.00 bits per heavy atom. The monoisotopic (exact) mass is 299 g/mol. The molecule has 6 nitrogen and oxygen atoms in total. The van der Waals surface area contributed by atoms with E-state index in [1.807, 2.05) is 24.3 Å². The van der Waals surface area contributed by atoms with E-state index in [2.05, 4.69) is 21.9 Å². The summed E-state index contributed by atoms with van der Waals surface area (Å²) in [4.78, 5) is 12.0. The smallest absolute Gasteiger partial charge is 0.225 e. The van der Waals surface area contributed by atoms with Crippen molar-refractivity contribution in [3.63, 3.8) is 0 Å². The molecular weight excluding hydrogens is 278 g/mol. The minimum atomic E-state index is 0.123. The quantitative estimate of drug-likeness (QED) is 0.900. The van der Waals surface area contributed by atoms with Crippen molar-refractivity contribution in [1.29, 1.82) is 0 Å². The Labute approximate surface area is 129 Å². The Hall–Kier alpha value is -2.37. The van der Waals surface area contributed by atoms with E-state index in [0.29, 0.717) is 11.7 Å². The first kappa shape index (κ1) is 14.6. The number of nitrogen functional groups attached to an aromatic ring is 2. The maximum atomic E-state index is 6.03. The van der Waals surface area contributed by atoms with Gasteiger partial charge < -0.3 is 16.2 Å². The fraction of sp³-hybridized carbons (Fsp3) is 0.438. The van der Waals surface area contributed by atoms with Gasteiger partial charge in [-0.25, -0.2) is 0 Å². The normalized spacial score (nSPS) is 16.6. The first-order valence-electron chi connectivity index (χ1n) is 7.66. The van der Waals surface area contributed by atoms with Gasteiger partial charge in [-0.05, 0) is 49.9 Å². The van der Waals surface area contributed by atoms with E-state index in [-0.39, 0.29) is 18.0 Å². The van der Waals surface area contributed by atoms with Gasteiger partial charge in [0, 0.05) is 5.56 Å². The summed E-state index contributed by atoms with van der Waals surface area (Å²) < 4.78 is 6.03. The van der Waals surface area contributed by atoms with Gasteiger partial charge in [0.1, 0.15) is 5.75 Å². The van der Waals surface area contributed by atoms with Crippen LogP contribution in [0.5, 0.6) is 5.75 Å². The molecule has 1 fully saturated rings. The van der Waals surface area contributed by atoms with Crippen LogP contribution in [0.4, 0.5) is 11.9 Å². The molecule has 1 aliphatic rings. The third-order valence-corrected chi connectivity index (χ3v) is 4.17. The number of ether oxygens (including phenoxy) is 1. The molecule has 1 saturated carbocycles. The standard InChI is InChI=1S/C16H21N5O/c1-10(11-4-2-3-5-11)22-13-8-6-12(7-9-13)14-19-15(17)21-16(18)20-14/h6-11H,2-5H2,1H3,(H4,17,18,19,20,21). The molecular formula is C16H21N5O. The predicted molar refractivity (Wildman–Crippen MR) is 86.1 cm³/mol. The molecule has 2 aromatic rings. The molecule has 1 unspecified atom stereocenters. The van der Waals surface area contributed by atoms with Gasteiger partial charge in [0.25, 0.3) is 0 Å². The number of benzene rings is 1. The van der Waals surface area contributed by atoms with Gasteiger partial charge in [-0.3, -0.25) is 0 Å².